The summed E-state index contributed by atoms with van der Waals surface area (Å²) in [7, 11) is 1.58. The fourth-order valence-corrected chi connectivity index (χ4v) is 3.59. The maximum Gasteiger partial charge on any atom is 0.237 e. The number of rotatable bonds is 3. The highest BCUT2D eigenvalue weighted by Gasteiger charge is 2.37. The zero-order valence-corrected chi connectivity index (χ0v) is 13.6. The molecule has 0 saturated carbocycles. The Morgan fingerprint density at radius 2 is 2.11 bits per heavy atom. The highest BCUT2D eigenvalue weighted by atomic mass is 79.9. The maximum atomic E-state index is 11.8. The number of nitrogens with zero attached hydrogens (tertiary/aromatic N) is 1. The molecule has 1 atom stereocenters. The molecule has 1 aliphatic heterocycles. The van der Waals surface area contributed by atoms with Gasteiger partial charge in [0, 0.05) is 39.7 Å². The van der Waals surface area contributed by atoms with Crippen LogP contribution in [0.4, 0.5) is 0 Å². The first kappa shape index (κ1) is 15.1. The van der Waals surface area contributed by atoms with E-state index in [1.165, 1.54) is 4.90 Å². The Bertz CT molecular complexity index is 620. The second-order valence-electron chi connectivity index (χ2n) is 4.31. The number of halogens is 3. The van der Waals surface area contributed by atoms with Crippen LogP contribution in [0.5, 0.6) is 0 Å². The zero-order chi connectivity index (χ0) is 14.2. The third-order valence-electron chi connectivity index (χ3n) is 2.95. The monoisotopic (exact) mass is 385 g/mol. The Hall–Kier alpha value is -0.300. The van der Waals surface area contributed by atoms with Crippen LogP contribution in [0.3, 0.4) is 0 Å². The van der Waals surface area contributed by atoms with Crippen LogP contribution in [-0.2, 0) is 20.4 Å². The molecule has 0 N–H and O–H groups in total. The van der Waals surface area contributed by atoms with E-state index >= 15 is 0 Å². The maximum absolute atomic E-state index is 11.8. The van der Waals surface area contributed by atoms with Crippen LogP contribution in [0.15, 0.2) is 22.7 Å². The van der Waals surface area contributed by atoms with Gasteiger partial charge in [-0.3, -0.25) is 4.79 Å². The SMILES string of the molecule is O=C1CC(S(=O)(=O)Cl)CN1Cc1cc(Br)ccc1Cl. The van der Waals surface area contributed by atoms with Crippen LogP contribution in [0.1, 0.15) is 12.0 Å². The summed E-state index contributed by atoms with van der Waals surface area (Å²) in [4.78, 5) is 13.2. The van der Waals surface area contributed by atoms with Gasteiger partial charge in [-0.2, -0.15) is 0 Å². The van der Waals surface area contributed by atoms with E-state index in [-0.39, 0.29) is 25.4 Å². The quantitative estimate of drug-likeness (QED) is 0.750. The van der Waals surface area contributed by atoms with Gasteiger partial charge in [-0.1, -0.05) is 27.5 Å². The molecule has 1 unspecified atom stereocenters. The summed E-state index contributed by atoms with van der Waals surface area (Å²) in [6.45, 7) is 0.382. The average molecular weight is 387 g/mol. The molecule has 2 rings (SSSR count). The lowest BCUT2D eigenvalue weighted by Crippen LogP contribution is -2.26. The van der Waals surface area contributed by atoms with Gasteiger partial charge in [0.15, 0.2) is 0 Å². The molecule has 0 bridgehead atoms. The van der Waals surface area contributed by atoms with Crippen molar-refractivity contribution >= 4 is 53.2 Å². The van der Waals surface area contributed by atoms with Crippen molar-refractivity contribution in [3.8, 4) is 0 Å². The second-order valence-corrected chi connectivity index (χ2v) is 8.54. The summed E-state index contributed by atoms with van der Waals surface area (Å²) >= 11 is 9.37. The van der Waals surface area contributed by atoms with Gasteiger partial charge < -0.3 is 4.90 Å². The van der Waals surface area contributed by atoms with Crippen molar-refractivity contribution in [1.82, 2.24) is 4.90 Å². The van der Waals surface area contributed by atoms with Crippen LogP contribution in [0, 0.1) is 0 Å². The van der Waals surface area contributed by atoms with Crippen LogP contribution in [-0.4, -0.2) is 31.0 Å². The molecule has 1 fully saturated rings. The third kappa shape index (κ3) is 3.62. The molecule has 19 heavy (non-hydrogen) atoms. The molecule has 1 aliphatic rings. The molecule has 104 valence electrons. The number of benzene rings is 1. The Morgan fingerprint density at radius 3 is 2.68 bits per heavy atom. The van der Waals surface area contributed by atoms with Crippen LogP contribution in [0.25, 0.3) is 0 Å². The van der Waals surface area contributed by atoms with E-state index in [1.807, 2.05) is 0 Å². The minimum Gasteiger partial charge on any atom is -0.337 e. The van der Waals surface area contributed by atoms with Crippen molar-refractivity contribution in [2.24, 2.45) is 0 Å². The van der Waals surface area contributed by atoms with Gasteiger partial charge in [0.25, 0.3) is 0 Å². The molecule has 8 heteroatoms. The zero-order valence-electron chi connectivity index (χ0n) is 9.64. The lowest BCUT2D eigenvalue weighted by atomic mass is 10.2. The minimum absolute atomic E-state index is 0.0720. The molecular weight excluding hydrogens is 377 g/mol. The smallest absolute Gasteiger partial charge is 0.237 e. The van der Waals surface area contributed by atoms with E-state index in [2.05, 4.69) is 15.9 Å². The molecule has 0 aromatic heterocycles. The first-order chi connectivity index (χ1) is 8.77. The molecule has 1 aromatic rings. The molecule has 0 aliphatic carbocycles. The number of likely N-dealkylation sites (tertiary alicyclic amines) is 1. The van der Waals surface area contributed by atoms with Crippen molar-refractivity contribution in [3.05, 3.63) is 33.3 Å². The number of carbonyl (C=O) groups is 1. The van der Waals surface area contributed by atoms with E-state index in [1.54, 1.807) is 18.2 Å². The lowest BCUT2D eigenvalue weighted by molar-refractivity contribution is -0.128. The summed E-state index contributed by atoms with van der Waals surface area (Å²) in [5, 5.41) is -0.305. The highest BCUT2D eigenvalue weighted by molar-refractivity contribution is 9.10. The van der Waals surface area contributed by atoms with E-state index in [0.29, 0.717) is 5.02 Å². The summed E-state index contributed by atoms with van der Waals surface area (Å²) in [6.07, 6.45) is -0.0720. The van der Waals surface area contributed by atoms with Crippen molar-refractivity contribution < 1.29 is 13.2 Å². The molecule has 1 aromatic carbocycles. The van der Waals surface area contributed by atoms with Crippen molar-refractivity contribution in [2.45, 2.75) is 18.2 Å². The summed E-state index contributed by atoms with van der Waals surface area (Å²) in [5.74, 6) is -0.231. The standard InChI is InChI=1S/C11H10BrCl2NO3S/c12-8-1-2-10(13)7(3-8)5-15-6-9(4-11(15)16)19(14,17)18/h1-3,9H,4-6H2. The molecule has 4 nitrogen and oxygen atoms in total. The molecule has 0 spiro atoms. The van der Waals surface area contributed by atoms with E-state index < -0.39 is 14.3 Å². The molecule has 1 saturated heterocycles. The Balaban J connectivity index is 2.16. The topological polar surface area (TPSA) is 54.5 Å². The van der Waals surface area contributed by atoms with Gasteiger partial charge in [0.2, 0.25) is 15.0 Å². The normalized spacial score (nSPS) is 20.1. The molecule has 1 amide bonds. The number of hydrogen-bond acceptors (Lipinski definition) is 3. The van der Waals surface area contributed by atoms with E-state index in [9.17, 15) is 13.2 Å². The number of amides is 1. The van der Waals surface area contributed by atoms with Crippen LogP contribution in [0.2, 0.25) is 5.02 Å². The molecule has 1 heterocycles. The Labute approximate surface area is 129 Å². The summed E-state index contributed by atoms with van der Waals surface area (Å²) in [6, 6.07) is 5.32. The van der Waals surface area contributed by atoms with Gasteiger partial charge in [0.05, 0.1) is 0 Å². The van der Waals surface area contributed by atoms with Gasteiger partial charge in [-0.05, 0) is 23.8 Å². The average Bonchev–Trinajstić information content (AvgIpc) is 2.65. The van der Waals surface area contributed by atoms with Gasteiger partial charge in [-0.25, -0.2) is 8.42 Å². The lowest BCUT2D eigenvalue weighted by Gasteiger charge is -2.17. The molecule has 0 radical (unpaired) electrons. The number of carbonyl (C=O) groups excluding carboxylic acids is 1. The van der Waals surface area contributed by atoms with Crippen LogP contribution >= 0.6 is 38.2 Å². The van der Waals surface area contributed by atoms with E-state index in [0.717, 1.165) is 10.0 Å². The van der Waals surface area contributed by atoms with Gasteiger partial charge >= 0.3 is 0 Å². The first-order valence-corrected chi connectivity index (χ1v) is 8.97. The van der Waals surface area contributed by atoms with Gasteiger partial charge in [-0.15, -0.1) is 0 Å². The molecular formula is C11H10BrCl2NO3S. The fourth-order valence-electron chi connectivity index (χ4n) is 1.95. The highest BCUT2D eigenvalue weighted by Crippen LogP contribution is 2.26. The largest absolute Gasteiger partial charge is 0.337 e. The Kier molecular flexibility index (Phi) is 4.45. The number of hydrogen-bond donors (Lipinski definition) is 0. The fraction of sp³-hybridized carbons (Fsp3) is 0.364. The van der Waals surface area contributed by atoms with Crippen LogP contribution < -0.4 is 0 Å². The predicted molar refractivity (Wildman–Crippen MR) is 77.7 cm³/mol. The van der Waals surface area contributed by atoms with Crippen molar-refractivity contribution in [2.75, 3.05) is 6.54 Å². The van der Waals surface area contributed by atoms with E-state index in [4.69, 9.17) is 22.3 Å². The summed E-state index contributed by atoms with van der Waals surface area (Å²) in [5.41, 5.74) is 0.761. The first-order valence-electron chi connectivity index (χ1n) is 5.42. The second kappa shape index (κ2) is 5.60. The predicted octanol–water partition coefficient (Wildman–Crippen LogP) is 2.77. The summed E-state index contributed by atoms with van der Waals surface area (Å²) < 4.78 is 23.3. The van der Waals surface area contributed by atoms with Crippen molar-refractivity contribution in [3.63, 3.8) is 0 Å². The minimum atomic E-state index is -3.71. The third-order valence-corrected chi connectivity index (χ3v) is 5.68. The van der Waals surface area contributed by atoms with Gasteiger partial charge in [0.1, 0.15) is 5.25 Å². The van der Waals surface area contributed by atoms with Crippen molar-refractivity contribution in [1.29, 1.82) is 0 Å². The Morgan fingerprint density at radius 1 is 1.42 bits per heavy atom.